The zero-order chi connectivity index (χ0) is 16.5. The Hall–Kier alpha value is -1.60. The fourth-order valence-corrected chi connectivity index (χ4v) is 2.59. The minimum atomic E-state index is -3.50. The van der Waals surface area contributed by atoms with Crippen LogP contribution in [0.3, 0.4) is 0 Å². The number of carbonyl (C=O) groups excluding carboxylic acids is 1. The van der Waals surface area contributed by atoms with E-state index < -0.39 is 15.7 Å². The van der Waals surface area contributed by atoms with Crippen LogP contribution in [0.5, 0.6) is 0 Å². The Kier molecular flexibility index (Phi) is 4.49. The van der Waals surface area contributed by atoms with Gasteiger partial charge in [-0.3, -0.25) is 9.08 Å². The van der Waals surface area contributed by atoms with Crippen LogP contribution in [0.4, 0.5) is 4.79 Å². The predicted molar refractivity (Wildman–Crippen MR) is 81.6 cm³/mol. The fraction of sp³-hybridized carbons (Fsp3) is 0.533. The van der Waals surface area contributed by atoms with Crippen molar-refractivity contribution in [2.45, 2.75) is 46.1 Å². The number of nitrogens with zero attached hydrogens (tertiary/aromatic N) is 1. The molecule has 1 aromatic carbocycles. The Balaban J connectivity index is 2.12. The summed E-state index contributed by atoms with van der Waals surface area (Å²) in [6, 6.07) is 5.56. The standard InChI is InChI=1S/C15H21NO5S/c1-15(2,3)21-14(17)16-8-11-6-5-7-12(13(11)9-16)10-20-22(4,18)19/h5-7H,8-10H2,1-4H3. The van der Waals surface area contributed by atoms with Crippen LogP contribution in [-0.2, 0) is 38.7 Å². The van der Waals surface area contributed by atoms with Crippen molar-refractivity contribution in [2.24, 2.45) is 0 Å². The summed E-state index contributed by atoms with van der Waals surface area (Å²) < 4.78 is 32.5. The Morgan fingerprint density at radius 1 is 1.27 bits per heavy atom. The van der Waals surface area contributed by atoms with Crippen LogP contribution < -0.4 is 0 Å². The van der Waals surface area contributed by atoms with Crippen LogP contribution in [0, 0.1) is 0 Å². The van der Waals surface area contributed by atoms with Gasteiger partial charge >= 0.3 is 6.09 Å². The van der Waals surface area contributed by atoms with Crippen molar-refractivity contribution in [2.75, 3.05) is 6.26 Å². The van der Waals surface area contributed by atoms with Gasteiger partial charge in [0.25, 0.3) is 10.1 Å². The van der Waals surface area contributed by atoms with E-state index in [9.17, 15) is 13.2 Å². The van der Waals surface area contributed by atoms with Crippen molar-refractivity contribution in [3.63, 3.8) is 0 Å². The topological polar surface area (TPSA) is 72.9 Å². The number of hydrogen-bond acceptors (Lipinski definition) is 5. The first-order chi connectivity index (χ1) is 10.1. The number of fused-ring (bicyclic) bond motifs is 1. The molecule has 0 saturated carbocycles. The van der Waals surface area contributed by atoms with E-state index >= 15 is 0 Å². The Morgan fingerprint density at radius 2 is 1.95 bits per heavy atom. The van der Waals surface area contributed by atoms with E-state index in [1.807, 2.05) is 39.0 Å². The molecule has 1 aliphatic heterocycles. The maximum atomic E-state index is 12.1. The van der Waals surface area contributed by atoms with Gasteiger partial charge in [0, 0.05) is 6.54 Å². The van der Waals surface area contributed by atoms with E-state index in [4.69, 9.17) is 8.92 Å². The average Bonchev–Trinajstić information content (AvgIpc) is 2.77. The molecule has 0 saturated heterocycles. The van der Waals surface area contributed by atoms with Gasteiger partial charge in [0.2, 0.25) is 0 Å². The second-order valence-corrected chi connectivity index (χ2v) is 8.00. The maximum Gasteiger partial charge on any atom is 0.410 e. The average molecular weight is 327 g/mol. The quantitative estimate of drug-likeness (QED) is 0.797. The molecule has 0 spiro atoms. The highest BCUT2D eigenvalue weighted by atomic mass is 32.2. The van der Waals surface area contributed by atoms with Crippen molar-refractivity contribution in [1.82, 2.24) is 4.90 Å². The summed E-state index contributed by atoms with van der Waals surface area (Å²) in [4.78, 5) is 13.7. The normalized spacial score (nSPS) is 14.8. The summed E-state index contributed by atoms with van der Waals surface area (Å²) >= 11 is 0. The number of carbonyl (C=O) groups is 1. The zero-order valence-corrected chi connectivity index (χ0v) is 14.1. The molecule has 0 unspecified atom stereocenters. The Labute approximate surface area is 131 Å². The third-order valence-corrected chi connectivity index (χ3v) is 3.71. The lowest BCUT2D eigenvalue weighted by Crippen LogP contribution is -2.33. The predicted octanol–water partition coefficient (Wildman–Crippen LogP) is 2.41. The second kappa shape index (κ2) is 5.89. The molecule has 2 rings (SSSR count). The third-order valence-electron chi connectivity index (χ3n) is 3.16. The minimum Gasteiger partial charge on any atom is -0.444 e. The molecule has 0 N–H and O–H groups in total. The Bertz CT molecular complexity index is 676. The minimum absolute atomic E-state index is 0.0236. The molecule has 122 valence electrons. The molecule has 0 aliphatic carbocycles. The molecule has 1 heterocycles. The molecule has 6 nitrogen and oxygen atoms in total. The van der Waals surface area contributed by atoms with Gasteiger partial charge in [-0.25, -0.2) is 4.79 Å². The molecule has 0 aromatic heterocycles. The SMILES string of the molecule is CC(C)(C)OC(=O)N1Cc2cccc(COS(C)(=O)=O)c2C1. The van der Waals surface area contributed by atoms with E-state index in [-0.39, 0.29) is 12.7 Å². The second-order valence-electron chi connectivity index (χ2n) is 6.36. The van der Waals surface area contributed by atoms with Crippen LogP contribution in [-0.4, -0.2) is 31.3 Å². The number of rotatable bonds is 3. The van der Waals surface area contributed by atoms with Gasteiger partial charge < -0.3 is 4.74 Å². The first kappa shape index (κ1) is 16.8. The van der Waals surface area contributed by atoms with Crippen molar-refractivity contribution >= 4 is 16.2 Å². The highest BCUT2D eigenvalue weighted by molar-refractivity contribution is 7.85. The zero-order valence-electron chi connectivity index (χ0n) is 13.3. The number of hydrogen-bond donors (Lipinski definition) is 0. The monoisotopic (exact) mass is 327 g/mol. The van der Waals surface area contributed by atoms with Crippen LogP contribution >= 0.6 is 0 Å². The van der Waals surface area contributed by atoms with E-state index in [2.05, 4.69) is 0 Å². The van der Waals surface area contributed by atoms with E-state index in [1.165, 1.54) is 0 Å². The van der Waals surface area contributed by atoms with E-state index in [1.54, 1.807) is 4.90 Å². The van der Waals surface area contributed by atoms with E-state index in [0.29, 0.717) is 13.1 Å². The molecule has 0 radical (unpaired) electrons. The van der Waals surface area contributed by atoms with Gasteiger partial charge in [0.15, 0.2) is 0 Å². The molecular formula is C15H21NO5S. The molecule has 0 bridgehead atoms. The highest BCUT2D eigenvalue weighted by Gasteiger charge is 2.29. The lowest BCUT2D eigenvalue weighted by Gasteiger charge is -2.24. The van der Waals surface area contributed by atoms with Gasteiger partial charge in [-0.05, 0) is 37.5 Å². The molecule has 0 atom stereocenters. The molecule has 1 aromatic rings. The number of benzene rings is 1. The van der Waals surface area contributed by atoms with E-state index in [0.717, 1.165) is 22.9 Å². The van der Waals surface area contributed by atoms with Gasteiger partial charge in [-0.15, -0.1) is 0 Å². The molecule has 22 heavy (non-hydrogen) atoms. The first-order valence-electron chi connectivity index (χ1n) is 6.97. The lowest BCUT2D eigenvalue weighted by atomic mass is 10.0. The molecule has 7 heteroatoms. The van der Waals surface area contributed by atoms with Crippen LogP contribution in [0.1, 0.15) is 37.5 Å². The van der Waals surface area contributed by atoms with Crippen LogP contribution in [0.25, 0.3) is 0 Å². The van der Waals surface area contributed by atoms with Crippen molar-refractivity contribution in [3.05, 3.63) is 34.9 Å². The maximum absolute atomic E-state index is 12.1. The molecule has 1 aliphatic rings. The summed E-state index contributed by atoms with van der Waals surface area (Å²) in [6.45, 7) is 6.28. The van der Waals surface area contributed by atoms with Gasteiger partial charge in [-0.1, -0.05) is 18.2 Å². The largest absolute Gasteiger partial charge is 0.444 e. The molecule has 1 amide bonds. The van der Waals surface area contributed by atoms with Crippen LogP contribution in [0.15, 0.2) is 18.2 Å². The van der Waals surface area contributed by atoms with Crippen molar-refractivity contribution in [1.29, 1.82) is 0 Å². The van der Waals surface area contributed by atoms with Gasteiger partial charge in [0.1, 0.15) is 5.60 Å². The summed E-state index contributed by atoms with van der Waals surface area (Å²) in [6.07, 6.45) is 0.641. The summed E-state index contributed by atoms with van der Waals surface area (Å²) in [7, 11) is -3.50. The van der Waals surface area contributed by atoms with Gasteiger partial charge in [0.05, 0.1) is 19.4 Å². The summed E-state index contributed by atoms with van der Waals surface area (Å²) in [5.41, 5.74) is 2.14. The summed E-state index contributed by atoms with van der Waals surface area (Å²) in [5.74, 6) is 0. The lowest BCUT2D eigenvalue weighted by molar-refractivity contribution is 0.0241. The first-order valence-corrected chi connectivity index (χ1v) is 8.79. The van der Waals surface area contributed by atoms with Crippen molar-refractivity contribution < 1.29 is 22.1 Å². The smallest absolute Gasteiger partial charge is 0.410 e. The van der Waals surface area contributed by atoms with Gasteiger partial charge in [-0.2, -0.15) is 8.42 Å². The molecular weight excluding hydrogens is 306 g/mol. The summed E-state index contributed by atoms with van der Waals surface area (Å²) in [5, 5.41) is 0. The Morgan fingerprint density at radius 3 is 2.55 bits per heavy atom. The fourth-order valence-electron chi connectivity index (χ4n) is 2.25. The highest BCUT2D eigenvalue weighted by Crippen LogP contribution is 2.28. The third kappa shape index (κ3) is 4.45. The molecule has 0 fully saturated rings. The number of amides is 1. The number of ether oxygens (including phenoxy) is 1. The van der Waals surface area contributed by atoms with Crippen LogP contribution in [0.2, 0.25) is 0 Å². The van der Waals surface area contributed by atoms with Crippen molar-refractivity contribution in [3.8, 4) is 0 Å².